The highest BCUT2D eigenvalue weighted by Gasteiger charge is 2.27. The molecular formula is C14H22N2O. The number of benzene rings is 1. The SMILES string of the molecule is CCNC(C)(CC(N)=O)c1ccc(CC)cc1. The van der Waals surface area contributed by atoms with Crippen LogP contribution >= 0.6 is 0 Å². The summed E-state index contributed by atoms with van der Waals surface area (Å²) in [4.78, 5) is 11.2. The third kappa shape index (κ3) is 3.56. The molecule has 3 heteroatoms. The number of amides is 1. The first-order valence-corrected chi connectivity index (χ1v) is 6.14. The second kappa shape index (κ2) is 5.82. The smallest absolute Gasteiger partial charge is 0.219 e. The van der Waals surface area contributed by atoms with Gasteiger partial charge in [-0.2, -0.15) is 0 Å². The zero-order chi connectivity index (χ0) is 12.9. The molecular weight excluding hydrogens is 212 g/mol. The molecule has 3 N–H and O–H groups in total. The van der Waals surface area contributed by atoms with E-state index >= 15 is 0 Å². The Balaban J connectivity index is 2.99. The summed E-state index contributed by atoms with van der Waals surface area (Å²) in [7, 11) is 0. The fourth-order valence-corrected chi connectivity index (χ4v) is 2.11. The standard InChI is InChI=1S/C14H22N2O/c1-4-11-6-8-12(9-7-11)14(3,16-5-2)10-13(15)17/h6-9,16H,4-5,10H2,1-3H3,(H2,15,17). The molecule has 0 heterocycles. The van der Waals surface area contributed by atoms with Gasteiger partial charge in [0.25, 0.3) is 0 Å². The quantitative estimate of drug-likeness (QED) is 0.790. The van der Waals surface area contributed by atoms with Crippen LogP contribution in [0.3, 0.4) is 0 Å². The van der Waals surface area contributed by atoms with E-state index in [0.717, 1.165) is 18.5 Å². The summed E-state index contributed by atoms with van der Waals surface area (Å²) in [6, 6.07) is 8.35. The summed E-state index contributed by atoms with van der Waals surface area (Å²) in [5.41, 5.74) is 7.36. The highest BCUT2D eigenvalue weighted by molar-refractivity contribution is 5.75. The Kier molecular flexibility index (Phi) is 4.70. The summed E-state index contributed by atoms with van der Waals surface area (Å²) >= 11 is 0. The van der Waals surface area contributed by atoms with Gasteiger partial charge in [-0.25, -0.2) is 0 Å². The molecule has 1 rings (SSSR count). The molecule has 1 amide bonds. The fourth-order valence-electron chi connectivity index (χ4n) is 2.11. The topological polar surface area (TPSA) is 55.1 Å². The summed E-state index contributed by atoms with van der Waals surface area (Å²) in [5.74, 6) is -0.284. The monoisotopic (exact) mass is 234 g/mol. The largest absolute Gasteiger partial charge is 0.370 e. The third-order valence-corrected chi connectivity index (χ3v) is 3.09. The number of primary amides is 1. The van der Waals surface area contributed by atoms with Gasteiger partial charge in [0.15, 0.2) is 0 Å². The third-order valence-electron chi connectivity index (χ3n) is 3.09. The number of carbonyl (C=O) groups is 1. The second-order valence-corrected chi connectivity index (χ2v) is 4.56. The van der Waals surface area contributed by atoms with Gasteiger partial charge in [0, 0.05) is 12.0 Å². The minimum atomic E-state index is -0.368. The lowest BCUT2D eigenvalue weighted by molar-refractivity contribution is -0.119. The molecule has 1 aromatic carbocycles. The Bertz CT molecular complexity index is 372. The van der Waals surface area contributed by atoms with Gasteiger partial charge in [0.2, 0.25) is 5.91 Å². The molecule has 0 aromatic heterocycles. The first kappa shape index (κ1) is 13.7. The summed E-state index contributed by atoms with van der Waals surface area (Å²) in [6.07, 6.45) is 1.33. The van der Waals surface area contributed by atoms with E-state index in [1.54, 1.807) is 0 Å². The van der Waals surface area contributed by atoms with Crippen molar-refractivity contribution in [3.63, 3.8) is 0 Å². The van der Waals surface area contributed by atoms with Crippen LogP contribution in [0.1, 0.15) is 38.3 Å². The van der Waals surface area contributed by atoms with Crippen molar-refractivity contribution in [3.05, 3.63) is 35.4 Å². The van der Waals surface area contributed by atoms with Crippen LogP contribution in [0.25, 0.3) is 0 Å². The van der Waals surface area contributed by atoms with Gasteiger partial charge in [0.1, 0.15) is 0 Å². The van der Waals surface area contributed by atoms with Gasteiger partial charge >= 0.3 is 0 Å². The number of carbonyl (C=O) groups excluding carboxylic acids is 1. The van der Waals surface area contributed by atoms with Gasteiger partial charge in [-0.3, -0.25) is 4.79 Å². The van der Waals surface area contributed by atoms with E-state index in [-0.39, 0.29) is 11.4 Å². The molecule has 0 aliphatic heterocycles. The fraction of sp³-hybridized carbons (Fsp3) is 0.500. The van der Waals surface area contributed by atoms with E-state index in [2.05, 4.69) is 36.5 Å². The van der Waals surface area contributed by atoms with Crippen molar-refractivity contribution in [2.45, 2.75) is 39.2 Å². The van der Waals surface area contributed by atoms with Crippen molar-refractivity contribution in [2.24, 2.45) is 5.73 Å². The molecule has 0 spiro atoms. The Morgan fingerprint density at radius 2 is 1.88 bits per heavy atom. The van der Waals surface area contributed by atoms with Crippen LogP contribution in [0.4, 0.5) is 0 Å². The lowest BCUT2D eigenvalue weighted by atomic mass is 9.87. The molecule has 0 radical (unpaired) electrons. The molecule has 0 aliphatic carbocycles. The summed E-state index contributed by atoms with van der Waals surface area (Å²) in [5, 5.41) is 3.34. The Hall–Kier alpha value is -1.35. The van der Waals surface area contributed by atoms with Crippen molar-refractivity contribution < 1.29 is 4.79 Å². The van der Waals surface area contributed by atoms with Gasteiger partial charge < -0.3 is 11.1 Å². The van der Waals surface area contributed by atoms with Crippen LogP contribution in [0.15, 0.2) is 24.3 Å². The van der Waals surface area contributed by atoms with Gasteiger partial charge in [-0.05, 0) is 31.0 Å². The van der Waals surface area contributed by atoms with Crippen molar-refractivity contribution in [1.29, 1.82) is 0 Å². The van der Waals surface area contributed by atoms with E-state index in [4.69, 9.17) is 5.73 Å². The summed E-state index contributed by atoms with van der Waals surface area (Å²) in [6.45, 7) is 6.98. The number of hydrogen-bond donors (Lipinski definition) is 2. The molecule has 3 nitrogen and oxygen atoms in total. The Labute approximate surface area is 103 Å². The number of aryl methyl sites for hydroxylation is 1. The van der Waals surface area contributed by atoms with Crippen molar-refractivity contribution in [3.8, 4) is 0 Å². The van der Waals surface area contributed by atoms with Crippen LogP contribution in [0.5, 0.6) is 0 Å². The van der Waals surface area contributed by atoms with E-state index in [9.17, 15) is 4.79 Å². The van der Waals surface area contributed by atoms with Gasteiger partial charge in [-0.15, -0.1) is 0 Å². The maximum atomic E-state index is 11.2. The van der Waals surface area contributed by atoms with E-state index in [1.807, 2.05) is 13.8 Å². The van der Waals surface area contributed by atoms with Crippen molar-refractivity contribution >= 4 is 5.91 Å². The zero-order valence-electron chi connectivity index (χ0n) is 10.9. The summed E-state index contributed by atoms with van der Waals surface area (Å²) < 4.78 is 0. The predicted molar refractivity (Wildman–Crippen MR) is 70.7 cm³/mol. The van der Waals surface area contributed by atoms with E-state index in [0.29, 0.717) is 6.42 Å². The predicted octanol–water partition coefficient (Wildman–Crippen LogP) is 1.95. The minimum absolute atomic E-state index is 0.284. The average molecular weight is 234 g/mol. The lowest BCUT2D eigenvalue weighted by Gasteiger charge is -2.30. The molecule has 0 saturated carbocycles. The van der Waals surface area contributed by atoms with E-state index < -0.39 is 0 Å². The molecule has 0 fully saturated rings. The molecule has 1 atom stereocenters. The highest BCUT2D eigenvalue weighted by Crippen LogP contribution is 2.24. The first-order valence-electron chi connectivity index (χ1n) is 6.14. The lowest BCUT2D eigenvalue weighted by Crippen LogP contribution is -2.42. The van der Waals surface area contributed by atoms with Crippen molar-refractivity contribution in [1.82, 2.24) is 5.32 Å². The Morgan fingerprint density at radius 3 is 2.29 bits per heavy atom. The molecule has 0 bridgehead atoms. The van der Waals surface area contributed by atoms with Crippen LogP contribution in [-0.4, -0.2) is 12.5 Å². The Morgan fingerprint density at radius 1 is 1.29 bits per heavy atom. The molecule has 0 saturated heterocycles. The highest BCUT2D eigenvalue weighted by atomic mass is 16.1. The first-order chi connectivity index (χ1) is 8.01. The van der Waals surface area contributed by atoms with Crippen LogP contribution in [0, 0.1) is 0 Å². The maximum Gasteiger partial charge on any atom is 0.219 e. The molecule has 1 aromatic rings. The molecule has 94 valence electrons. The minimum Gasteiger partial charge on any atom is -0.370 e. The zero-order valence-corrected chi connectivity index (χ0v) is 10.9. The normalized spacial score (nSPS) is 14.3. The number of hydrogen-bond acceptors (Lipinski definition) is 2. The maximum absolute atomic E-state index is 11.2. The number of nitrogens with two attached hydrogens (primary N) is 1. The van der Waals surface area contributed by atoms with E-state index in [1.165, 1.54) is 5.56 Å². The van der Waals surface area contributed by atoms with Gasteiger partial charge in [0.05, 0.1) is 0 Å². The van der Waals surface area contributed by atoms with Crippen LogP contribution in [0.2, 0.25) is 0 Å². The molecule has 0 aliphatic rings. The van der Waals surface area contributed by atoms with Gasteiger partial charge in [-0.1, -0.05) is 38.1 Å². The molecule has 1 unspecified atom stereocenters. The molecule has 17 heavy (non-hydrogen) atoms. The average Bonchev–Trinajstić information content (AvgIpc) is 2.28. The number of rotatable bonds is 6. The van der Waals surface area contributed by atoms with Crippen LogP contribution in [-0.2, 0) is 16.8 Å². The second-order valence-electron chi connectivity index (χ2n) is 4.56. The number of nitrogens with one attached hydrogen (secondary N) is 1. The van der Waals surface area contributed by atoms with Crippen LogP contribution < -0.4 is 11.1 Å². The van der Waals surface area contributed by atoms with Crippen molar-refractivity contribution in [2.75, 3.05) is 6.54 Å².